The van der Waals surface area contributed by atoms with E-state index >= 15 is 0 Å². The number of nitrogens with one attached hydrogen (secondary N) is 3. The van der Waals surface area contributed by atoms with Crippen molar-refractivity contribution in [2.45, 2.75) is 17.1 Å². The standard InChI is InChI=1S/C39H33N3O5S/c1-26-12-11-13-27(24-26)25-34(42-36(43)29-16-7-4-8-17-29)37(44)40-30-20-22-31(23-21-30)48-35(28-14-5-3-6-15-28)38(45)41-33-19-10-9-18-32(33)39(46)47-2/h3-25,35H,1-2H3,(H,40,44)(H,41,45)(H,42,43)/b34-25-. The molecule has 3 amide bonds. The van der Waals surface area contributed by atoms with Crippen molar-refractivity contribution in [1.82, 2.24) is 5.32 Å². The zero-order chi connectivity index (χ0) is 33.9. The van der Waals surface area contributed by atoms with Gasteiger partial charge >= 0.3 is 5.97 Å². The second-order valence-corrected chi connectivity index (χ2v) is 11.9. The number of para-hydroxylation sites is 1. The Morgan fingerprint density at radius 2 is 1.40 bits per heavy atom. The molecule has 0 fully saturated rings. The summed E-state index contributed by atoms with van der Waals surface area (Å²) in [5, 5.41) is 7.85. The van der Waals surface area contributed by atoms with Crippen molar-refractivity contribution < 1.29 is 23.9 Å². The van der Waals surface area contributed by atoms with E-state index in [2.05, 4.69) is 16.0 Å². The van der Waals surface area contributed by atoms with Gasteiger partial charge in [-0.05, 0) is 72.7 Å². The first kappa shape index (κ1) is 33.4. The van der Waals surface area contributed by atoms with E-state index in [-0.39, 0.29) is 17.2 Å². The van der Waals surface area contributed by atoms with Crippen molar-refractivity contribution in [2.75, 3.05) is 17.7 Å². The summed E-state index contributed by atoms with van der Waals surface area (Å²) >= 11 is 1.32. The summed E-state index contributed by atoms with van der Waals surface area (Å²) in [6, 6.07) is 39.3. The van der Waals surface area contributed by atoms with Crippen LogP contribution in [0.25, 0.3) is 6.08 Å². The molecule has 5 rings (SSSR count). The molecule has 240 valence electrons. The first-order valence-electron chi connectivity index (χ1n) is 15.1. The lowest BCUT2D eigenvalue weighted by Crippen LogP contribution is -2.30. The number of carbonyl (C=O) groups is 4. The third kappa shape index (κ3) is 8.86. The molecule has 0 aliphatic carbocycles. The lowest BCUT2D eigenvalue weighted by atomic mass is 10.1. The molecule has 8 nitrogen and oxygen atoms in total. The number of anilines is 2. The monoisotopic (exact) mass is 655 g/mol. The van der Waals surface area contributed by atoms with Crippen molar-refractivity contribution in [1.29, 1.82) is 0 Å². The number of ether oxygens (including phenoxy) is 1. The zero-order valence-electron chi connectivity index (χ0n) is 26.3. The van der Waals surface area contributed by atoms with E-state index in [9.17, 15) is 19.2 Å². The number of aryl methyl sites for hydroxylation is 1. The molecule has 5 aromatic rings. The van der Waals surface area contributed by atoms with Gasteiger partial charge in [-0.15, -0.1) is 11.8 Å². The van der Waals surface area contributed by atoms with Gasteiger partial charge in [0.2, 0.25) is 5.91 Å². The molecule has 5 aromatic carbocycles. The summed E-state index contributed by atoms with van der Waals surface area (Å²) in [6.07, 6.45) is 1.63. The summed E-state index contributed by atoms with van der Waals surface area (Å²) in [5.41, 5.74) is 4.16. The highest BCUT2D eigenvalue weighted by atomic mass is 32.2. The predicted molar refractivity (Wildman–Crippen MR) is 190 cm³/mol. The van der Waals surface area contributed by atoms with Gasteiger partial charge in [0, 0.05) is 16.1 Å². The molecule has 0 aliphatic rings. The number of rotatable bonds is 11. The molecular formula is C39H33N3O5S. The summed E-state index contributed by atoms with van der Waals surface area (Å²) in [5.74, 6) is -1.77. The Bertz CT molecular complexity index is 1940. The number of amides is 3. The van der Waals surface area contributed by atoms with Crippen LogP contribution in [-0.2, 0) is 14.3 Å². The summed E-state index contributed by atoms with van der Waals surface area (Å²) < 4.78 is 4.88. The maximum absolute atomic E-state index is 13.6. The number of methoxy groups -OCH3 is 1. The molecule has 0 bridgehead atoms. The normalized spacial score (nSPS) is 11.6. The number of thioether (sulfide) groups is 1. The minimum atomic E-state index is -0.658. The largest absolute Gasteiger partial charge is 0.465 e. The fourth-order valence-corrected chi connectivity index (χ4v) is 5.82. The van der Waals surface area contributed by atoms with Crippen LogP contribution in [0.15, 0.2) is 144 Å². The van der Waals surface area contributed by atoms with Crippen LogP contribution in [0.3, 0.4) is 0 Å². The first-order valence-corrected chi connectivity index (χ1v) is 15.9. The van der Waals surface area contributed by atoms with Crippen LogP contribution in [0.2, 0.25) is 0 Å². The molecule has 0 spiro atoms. The van der Waals surface area contributed by atoms with Crippen LogP contribution in [0, 0.1) is 6.92 Å². The van der Waals surface area contributed by atoms with E-state index < -0.39 is 23.0 Å². The molecular weight excluding hydrogens is 623 g/mol. The summed E-state index contributed by atoms with van der Waals surface area (Å²) in [4.78, 5) is 53.2. The van der Waals surface area contributed by atoms with E-state index in [4.69, 9.17) is 4.74 Å². The molecule has 0 saturated carbocycles. The summed E-state index contributed by atoms with van der Waals surface area (Å²) in [7, 11) is 1.29. The van der Waals surface area contributed by atoms with E-state index in [1.165, 1.54) is 18.9 Å². The van der Waals surface area contributed by atoms with Crippen LogP contribution in [0.1, 0.15) is 42.7 Å². The molecule has 0 heterocycles. The average Bonchev–Trinajstić information content (AvgIpc) is 3.11. The van der Waals surface area contributed by atoms with Gasteiger partial charge < -0.3 is 20.7 Å². The van der Waals surface area contributed by atoms with Gasteiger partial charge in [-0.2, -0.15) is 0 Å². The Morgan fingerprint density at radius 3 is 2.08 bits per heavy atom. The van der Waals surface area contributed by atoms with Gasteiger partial charge in [-0.3, -0.25) is 14.4 Å². The molecule has 1 atom stereocenters. The Morgan fingerprint density at radius 1 is 0.729 bits per heavy atom. The maximum Gasteiger partial charge on any atom is 0.339 e. The Kier molecular flexibility index (Phi) is 11.2. The molecule has 0 aliphatic heterocycles. The minimum absolute atomic E-state index is 0.0842. The van der Waals surface area contributed by atoms with Gasteiger partial charge in [0.05, 0.1) is 18.4 Å². The third-order valence-electron chi connectivity index (χ3n) is 7.18. The van der Waals surface area contributed by atoms with Crippen LogP contribution in [0.5, 0.6) is 0 Å². The smallest absolute Gasteiger partial charge is 0.339 e. The molecule has 0 saturated heterocycles. The molecule has 9 heteroatoms. The van der Waals surface area contributed by atoms with E-state index in [0.29, 0.717) is 16.9 Å². The van der Waals surface area contributed by atoms with Gasteiger partial charge in [-0.25, -0.2) is 4.79 Å². The van der Waals surface area contributed by atoms with Crippen molar-refractivity contribution in [3.8, 4) is 0 Å². The molecule has 3 N–H and O–H groups in total. The number of hydrogen-bond acceptors (Lipinski definition) is 6. The third-order valence-corrected chi connectivity index (χ3v) is 8.45. The van der Waals surface area contributed by atoms with E-state index in [1.54, 1.807) is 78.9 Å². The lowest BCUT2D eigenvalue weighted by Gasteiger charge is -2.18. The Labute approximate surface area is 283 Å². The van der Waals surface area contributed by atoms with E-state index in [1.807, 2.05) is 67.6 Å². The second-order valence-electron chi connectivity index (χ2n) is 10.7. The van der Waals surface area contributed by atoms with Crippen LogP contribution in [0.4, 0.5) is 11.4 Å². The molecule has 0 radical (unpaired) electrons. The van der Waals surface area contributed by atoms with Crippen LogP contribution in [-0.4, -0.2) is 30.8 Å². The zero-order valence-corrected chi connectivity index (χ0v) is 27.1. The molecule has 48 heavy (non-hydrogen) atoms. The fraction of sp³-hybridized carbons (Fsp3) is 0.0769. The van der Waals surface area contributed by atoms with Crippen molar-refractivity contribution in [3.63, 3.8) is 0 Å². The maximum atomic E-state index is 13.6. The molecule has 0 aromatic heterocycles. The van der Waals surface area contributed by atoms with Gasteiger partial charge in [0.25, 0.3) is 11.8 Å². The van der Waals surface area contributed by atoms with Crippen LogP contribution < -0.4 is 16.0 Å². The van der Waals surface area contributed by atoms with Crippen molar-refractivity contribution in [3.05, 3.63) is 167 Å². The average molecular weight is 656 g/mol. The van der Waals surface area contributed by atoms with Gasteiger partial charge in [0.1, 0.15) is 10.9 Å². The molecule has 1 unspecified atom stereocenters. The topological polar surface area (TPSA) is 114 Å². The number of hydrogen-bond donors (Lipinski definition) is 3. The predicted octanol–water partition coefficient (Wildman–Crippen LogP) is 7.66. The Hall–Kier alpha value is -5.93. The second kappa shape index (κ2) is 16.1. The first-order chi connectivity index (χ1) is 23.3. The van der Waals surface area contributed by atoms with Crippen molar-refractivity contribution in [2.24, 2.45) is 0 Å². The lowest BCUT2D eigenvalue weighted by molar-refractivity contribution is -0.116. The minimum Gasteiger partial charge on any atom is -0.465 e. The summed E-state index contributed by atoms with van der Waals surface area (Å²) in [6.45, 7) is 1.95. The quantitative estimate of drug-likeness (QED) is 0.0765. The van der Waals surface area contributed by atoms with Crippen LogP contribution >= 0.6 is 11.8 Å². The highest BCUT2D eigenvalue weighted by molar-refractivity contribution is 8.00. The van der Waals surface area contributed by atoms with Gasteiger partial charge in [0.15, 0.2) is 0 Å². The fourth-order valence-electron chi connectivity index (χ4n) is 4.80. The highest BCUT2D eigenvalue weighted by Crippen LogP contribution is 2.37. The Balaban J connectivity index is 1.34. The SMILES string of the molecule is COC(=O)c1ccccc1NC(=O)C(Sc1ccc(NC(=O)/C(=C/c2cccc(C)c2)NC(=O)c2ccccc2)cc1)c1ccccc1. The number of esters is 1. The van der Waals surface area contributed by atoms with Gasteiger partial charge in [-0.1, -0.05) is 90.5 Å². The highest BCUT2D eigenvalue weighted by Gasteiger charge is 2.24. The van der Waals surface area contributed by atoms with Crippen molar-refractivity contribution >= 4 is 52.9 Å². The number of benzene rings is 5. The van der Waals surface area contributed by atoms with E-state index in [0.717, 1.165) is 21.6 Å². The number of carbonyl (C=O) groups excluding carboxylic acids is 4.